The van der Waals surface area contributed by atoms with E-state index >= 15 is 0 Å². The molecule has 1 aromatic rings. The molecule has 2 N–H and O–H groups in total. The van der Waals surface area contributed by atoms with Gasteiger partial charge in [-0.2, -0.15) is 0 Å². The van der Waals surface area contributed by atoms with Gasteiger partial charge in [-0.25, -0.2) is 0 Å². The van der Waals surface area contributed by atoms with Crippen molar-refractivity contribution in [3.8, 4) is 0 Å². The molecule has 0 fully saturated rings. The van der Waals surface area contributed by atoms with Crippen LogP contribution in [0.3, 0.4) is 0 Å². The SMILES string of the molecule is CCCNC(=S)NC(C)c1ccc(C(C)CC)cc1. The van der Waals surface area contributed by atoms with Crippen molar-refractivity contribution >= 4 is 17.3 Å². The summed E-state index contributed by atoms with van der Waals surface area (Å²) in [5.41, 5.74) is 2.68. The fourth-order valence-corrected chi connectivity index (χ4v) is 2.20. The van der Waals surface area contributed by atoms with E-state index in [2.05, 4.69) is 62.6 Å². The summed E-state index contributed by atoms with van der Waals surface area (Å²) >= 11 is 5.26. The molecule has 0 saturated heterocycles. The fraction of sp³-hybridized carbons (Fsp3) is 0.562. The number of hydrogen-bond acceptors (Lipinski definition) is 1. The van der Waals surface area contributed by atoms with Crippen LogP contribution < -0.4 is 10.6 Å². The van der Waals surface area contributed by atoms with E-state index < -0.39 is 0 Å². The van der Waals surface area contributed by atoms with Crippen molar-refractivity contribution in [1.29, 1.82) is 0 Å². The number of thiocarbonyl (C=S) groups is 1. The molecular formula is C16H26N2S. The molecule has 0 spiro atoms. The Morgan fingerprint density at radius 1 is 1.11 bits per heavy atom. The van der Waals surface area contributed by atoms with Gasteiger partial charge in [0.25, 0.3) is 0 Å². The highest BCUT2D eigenvalue weighted by Gasteiger charge is 2.08. The molecule has 19 heavy (non-hydrogen) atoms. The molecule has 0 heterocycles. The molecule has 2 nitrogen and oxygen atoms in total. The lowest BCUT2D eigenvalue weighted by molar-refractivity contribution is 0.691. The van der Waals surface area contributed by atoms with E-state index in [1.165, 1.54) is 17.5 Å². The van der Waals surface area contributed by atoms with E-state index in [1.54, 1.807) is 0 Å². The number of hydrogen-bond donors (Lipinski definition) is 2. The molecule has 0 saturated carbocycles. The molecule has 0 radical (unpaired) electrons. The van der Waals surface area contributed by atoms with Gasteiger partial charge in [-0.3, -0.25) is 0 Å². The van der Waals surface area contributed by atoms with Gasteiger partial charge < -0.3 is 10.6 Å². The first kappa shape index (κ1) is 16.0. The normalized spacial score (nSPS) is 13.7. The second kappa shape index (κ2) is 8.16. The summed E-state index contributed by atoms with van der Waals surface area (Å²) in [7, 11) is 0. The van der Waals surface area contributed by atoms with Crippen LogP contribution in [0.1, 0.15) is 63.6 Å². The van der Waals surface area contributed by atoms with Crippen LogP contribution in [0.2, 0.25) is 0 Å². The summed E-state index contributed by atoms with van der Waals surface area (Å²) in [6.07, 6.45) is 2.26. The third-order valence-corrected chi connectivity index (χ3v) is 3.76. The Kier molecular flexibility index (Phi) is 6.85. The fourth-order valence-electron chi connectivity index (χ4n) is 1.92. The Balaban J connectivity index is 2.57. The monoisotopic (exact) mass is 278 g/mol. The van der Waals surface area contributed by atoms with Crippen molar-refractivity contribution in [3.05, 3.63) is 35.4 Å². The molecule has 0 aliphatic heterocycles. The first-order valence-electron chi connectivity index (χ1n) is 7.22. The summed E-state index contributed by atoms with van der Waals surface area (Å²) in [6, 6.07) is 9.08. The van der Waals surface area contributed by atoms with Crippen LogP contribution in [-0.2, 0) is 0 Å². The topological polar surface area (TPSA) is 24.1 Å². The third-order valence-electron chi connectivity index (χ3n) is 3.50. The Hall–Kier alpha value is -1.09. The van der Waals surface area contributed by atoms with Gasteiger partial charge in [0.2, 0.25) is 0 Å². The maximum Gasteiger partial charge on any atom is 0.166 e. The Bertz CT molecular complexity index is 386. The van der Waals surface area contributed by atoms with Crippen LogP contribution >= 0.6 is 12.2 Å². The van der Waals surface area contributed by atoms with Crippen molar-refractivity contribution in [2.45, 2.75) is 52.5 Å². The Labute approximate surface area is 123 Å². The van der Waals surface area contributed by atoms with Crippen LogP contribution in [-0.4, -0.2) is 11.7 Å². The highest BCUT2D eigenvalue weighted by molar-refractivity contribution is 7.80. The minimum absolute atomic E-state index is 0.239. The average molecular weight is 278 g/mol. The summed E-state index contributed by atoms with van der Waals surface area (Å²) in [5, 5.41) is 7.24. The second-order valence-corrected chi connectivity index (χ2v) is 5.51. The van der Waals surface area contributed by atoms with Gasteiger partial charge in [-0.05, 0) is 49.0 Å². The van der Waals surface area contributed by atoms with Gasteiger partial charge in [0.1, 0.15) is 0 Å². The molecule has 0 aromatic heterocycles. The molecular weight excluding hydrogens is 252 g/mol. The quantitative estimate of drug-likeness (QED) is 0.765. The summed E-state index contributed by atoms with van der Waals surface area (Å²) < 4.78 is 0. The van der Waals surface area contributed by atoms with Gasteiger partial charge in [0.15, 0.2) is 5.11 Å². The zero-order valence-electron chi connectivity index (χ0n) is 12.5. The summed E-state index contributed by atoms with van der Waals surface area (Å²) in [6.45, 7) is 9.68. The molecule has 1 rings (SSSR count). The average Bonchev–Trinajstić information content (AvgIpc) is 2.44. The maximum atomic E-state index is 5.26. The lowest BCUT2D eigenvalue weighted by Crippen LogP contribution is -2.37. The van der Waals surface area contributed by atoms with Crippen LogP contribution in [0, 0.1) is 0 Å². The summed E-state index contributed by atoms with van der Waals surface area (Å²) in [5.74, 6) is 0.629. The molecule has 0 aliphatic carbocycles. The molecule has 3 heteroatoms. The largest absolute Gasteiger partial charge is 0.363 e. The van der Waals surface area contributed by atoms with Gasteiger partial charge in [0, 0.05) is 6.54 Å². The van der Waals surface area contributed by atoms with Gasteiger partial charge in [-0.15, -0.1) is 0 Å². The molecule has 2 unspecified atom stereocenters. The van der Waals surface area contributed by atoms with Crippen LogP contribution in [0.4, 0.5) is 0 Å². The van der Waals surface area contributed by atoms with E-state index in [4.69, 9.17) is 12.2 Å². The molecule has 2 atom stereocenters. The number of rotatable bonds is 6. The van der Waals surface area contributed by atoms with E-state index in [9.17, 15) is 0 Å². The third kappa shape index (κ3) is 5.19. The van der Waals surface area contributed by atoms with Gasteiger partial charge in [-0.1, -0.05) is 45.0 Å². The zero-order chi connectivity index (χ0) is 14.3. The maximum absolute atomic E-state index is 5.26. The predicted octanol–water partition coefficient (Wildman–Crippen LogP) is 4.14. The van der Waals surface area contributed by atoms with Crippen molar-refractivity contribution in [2.75, 3.05) is 6.54 Å². The molecule has 0 aliphatic rings. The molecule has 106 valence electrons. The Morgan fingerprint density at radius 2 is 1.68 bits per heavy atom. The van der Waals surface area contributed by atoms with Crippen molar-refractivity contribution < 1.29 is 0 Å². The van der Waals surface area contributed by atoms with Gasteiger partial charge >= 0.3 is 0 Å². The summed E-state index contributed by atoms with van der Waals surface area (Å²) in [4.78, 5) is 0. The van der Waals surface area contributed by atoms with E-state index in [-0.39, 0.29) is 6.04 Å². The molecule has 1 aromatic carbocycles. The van der Waals surface area contributed by atoms with Crippen molar-refractivity contribution in [3.63, 3.8) is 0 Å². The van der Waals surface area contributed by atoms with E-state index in [1.807, 2.05) is 0 Å². The van der Waals surface area contributed by atoms with Crippen molar-refractivity contribution in [1.82, 2.24) is 10.6 Å². The lowest BCUT2D eigenvalue weighted by atomic mass is 9.96. The Morgan fingerprint density at radius 3 is 2.21 bits per heavy atom. The first-order chi connectivity index (χ1) is 9.08. The van der Waals surface area contributed by atoms with Crippen LogP contribution in [0.5, 0.6) is 0 Å². The second-order valence-electron chi connectivity index (χ2n) is 5.10. The van der Waals surface area contributed by atoms with Crippen molar-refractivity contribution in [2.24, 2.45) is 0 Å². The first-order valence-corrected chi connectivity index (χ1v) is 7.63. The van der Waals surface area contributed by atoms with Gasteiger partial charge in [0.05, 0.1) is 6.04 Å². The lowest BCUT2D eigenvalue weighted by Gasteiger charge is -2.18. The van der Waals surface area contributed by atoms with Crippen LogP contribution in [0.25, 0.3) is 0 Å². The number of benzene rings is 1. The minimum atomic E-state index is 0.239. The zero-order valence-corrected chi connectivity index (χ0v) is 13.3. The molecule has 0 amide bonds. The minimum Gasteiger partial charge on any atom is -0.363 e. The number of nitrogens with one attached hydrogen (secondary N) is 2. The van der Waals surface area contributed by atoms with E-state index in [0.29, 0.717) is 5.92 Å². The standard InChI is InChI=1S/C16H26N2S/c1-5-11-17-16(19)18-13(4)15-9-7-14(8-10-15)12(3)6-2/h7-10,12-13H,5-6,11H2,1-4H3,(H2,17,18,19). The predicted molar refractivity (Wildman–Crippen MR) is 87.6 cm³/mol. The highest BCUT2D eigenvalue weighted by Crippen LogP contribution is 2.21. The van der Waals surface area contributed by atoms with E-state index in [0.717, 1.165) is 18.1 Å². The smallest absolute Gasteiger partial charge is 0.166 e. The van der Waals surface area contributed by atoms with Crippen LogP contribution in [0.15, 0.2) is 24.3 Å². The molecule has 0 bridgehead atoms. The highest BCUT2D eigenvalue weighted by atomic mass is 32.1.